The van der Waals surface area contributed by atoms with Crippen LogP contribution in [-0.2, 0) is 0 Å². The van der Waals surface area contributed by atoms with Crippen LogP contribution < -0.4 is 5.46 Å². The Morgan fingerprint density at radius 3 is 1.16 bits per heavy atom. The highest BCUT2D eigenvalue weighted by molar-refractivity contribution is 6.32. The highest BCUT2D eigenvalue weighted by Gasteiger charge is 2.08. The van der Waals surface area contributed by atoms with Crippen molar-refractivity contribution in [1.29, 1.82) is 0 Å². The van der Waals surface area contributed by atoms with E-state index in [-0.39, 0.29) is 0 Å². The summed E-state index contributed by atoms with van der Waals surface area (Å²) in [6, 6.07) is 45.7. The number of benzene rings is 5. The highest BCUT2D eigenvalue weighted by atomic mass is 14.1. The average molecular weight is 394 g/mol. The molecule has 0 unspecified atom stereocenters. The van der Waals surface area contributed by atoms with Crippen molar-refractivity contribution in [2.75, 3.05) is 0 Å². The van der Waals surface area contributed by atoms with Gasteiger partial charge in [-0.25, -0.2) is 0 Å². The number of hydrogen-bond acceptors (Lipinski definition) is 0. The van der Waals surface area contributed by atoms with E-state index >= 15 is 0 Å². The summed E-state index contributed by atoms with van der Waals surface area (Å²) in [7, 11) is 2.14. The molecular weight excluding hydrogens is 371 g/mol. The highest BCUT2D eigenvalue weighted by Crippen LogP contribution is 2.34. The summed E-state index contributed by atoms with van der Waals surface area (Å²) in [6.07, 6.45) is 0. The fourth-order valence-corrected chi connectivity index (χ4v) is 4.09. The molecule has 0 aliphatic rings. The molecule has 0 nitrogen and oxygen atoms in total. The molecule has 5 aromatic carbocycles. The molecule has 0 aliphatic carbocycles. The Labute approximate surface area is 185 Å². The van der Waals surface area contributed by atoms with Crippen molar-refractivity contribution in [3.05, 3.63) is 127 Å². The maximum absolute atomic E-state index is 2.30. The first kappa shape index (κ1) is 19.1. The van der Waals surface area contributed by atoms with Crippen LogP contribution in [-0.4, -0.2) is 7.85 Å². The van der Waals surface area contributed by atoms with Gasteiger partial charge in [0.1, 0.15) is 7.85 Å². The van der Waals surface area contributed by atoms with Gasteiger partial charge in [-0.15, -0.1) is 0 Å². The Morgan fingerprint density at radius 2 is 0.645 bits per heavy atom. The van der Waals surface area contributed by atoms with Crippen molar-refractivity contribution in [3.63, 3.8) is 0 Å². The summed E-state index contributed by atoms with van der Waals surface area (Å²) in [5, 5.41) is 0. The molecule has 0 spiro atoms. The lowest BCUT2D eigenvalue weighted by atomic mass is 9.90. The average Bonchev–Trinajstić information content (AvgIpc) is 2.85. The largest absolute Gasteiger partial charge is 0.139 e. The van der Waals surface area contributed by atoms with Crippen LogP contribution in [0, 0.1) is 0 Å². The third kappa shape index (κ3) is 4.22. The second-order valence-corrected chi connectivity index (χ2v) is 7.98. The van der Waals surface area contributed by atoms with Crippen molar-refractivity contribution < 1.29 is 0 Å². The zero-order valence-electron chi connectivity index (χ0n) is 17.6. The lowest BCUT2D eigenvalue weighted by Gasteiger charge is -2.12. The Balaban J connectivity index is 1.66. The molecular formula is C30H23B. The quantitative estimate of drug-likeness (QED) is 0.301. The summed E-state index contributed by atoms with van der Waals surface area (Å²) in [4.78, 5) is 0. The zero-order chi connectivity index (χ0) is 21.0. The molecule has 0 N–H and O–H groups in total. The molecule has 0 saturated carbocycles. The molecule has 146 valence electrons. The van der Waals surface area contributed by atoms with Crippen LogP contribution in [0.3, 0.4) is 0 Å². The van der Waals surface area contributed by atoms with Crippen LogP contribution in [0.25, 0.3) is 44.5 Å². The molecule has 0 radical (unpaired) electrons. The molecule has 0 aromatic heterocycles. The predicted molar refractivity (Wildman–Crippen MR) is 136 cm³/mol. The first-order chi connectivity index (χ1) is 15.3. The molecule has 0 fully saturated rings. The summed E-state index contributed by atoms with van der Waals surface area (Å²) >= 11 is 0. The van der Waals surface area contributed by atoms with E-state index in [0.717, 1.165) is 0 Å². The van der Waals surface area contributed by atoms with Gasteiger partial charge in [-0.05, 0) is 68.8 Å². The lowest BCUT2D eigenvalue weighted by Crippen LogP contribution is -2.00. The van der Waals surface area contributed by atoms with Crippen molar-refractivity contribution in [1.82, 2.24) is 0 Å². The third-order valence-corrected chi connectivity index (χ3v) is 5.69. The molecule has 0 bridgehead atoms. The van der Waals surface area contributed by atoms with Gasteiger partial charge in [-0.1, -0.05) is 109 Å². The van der Waals surface area contributed by atoms with E-state index in [0.29, 0.717) is 0 Å². The van der Waals surface area contributed by atoms with Gasteiger partial charge in [-0.3, -0.25) is 0 Å². The molecule has 5 rings (SSSR count). The van der Waals surface area contributed by atoms with Gasteiger partial charge in [0, 0.05) is 0 Å². The molecule has 0 atom stereocenters. The van der Waals surface area contributed by atoms with Crippen LogP contribution in [0.4, 0.5) is 0 Å². The second-order valence-electron chi connectivity index (χ2n) is 7.98. The summed E-state index contributed by atoms with van der Waals surface area (Å²) in [5.74, 6) is 0. The van der Waals surface area contributed by atoms with Gasteiger partial charge in [0.15, 0.2) is 0 Å². The molecule has 0 amide bonds. The van der Waals surface area contributed by atoms with Gasteiger partial charge in [0.25, 0.3) is 0 Å². The normalized spacial score (nSPS) is 10.7. The van der Waals surface area contributed by atoms with Gasteiger partial charge in [0.2, 0.25) is 0 Å². The topological polar surface area (TPSA) is 0 Å². The SMILES string of the molecule is Bc1cccc(-c2cccc(-c3cc(-c4ccccc4)cc(-c4ccccc4)c3)c2)c1. The van der Waals surface area contributed by atoms with E-state index in [1.165, 1.54) is 50.0 Å². The van der Waals surface area contributed by atoms with Gasteiger partial charge < -0.3 is 0 Å². The smallest absolute Gasteiger partial charge is 0.0884 e. The minimum absolute atomic E-state index is 1.23. The monoisotopic (exact) mass is 394 g/mol. The number of rotatable bonds is 4. The van der Waals surface area contributed by atoms with Crippen LogP contribution in [0.2, 0.25) is 0 Å². The summed E-state index contributed by atoms with van der Waals surface area (Å²) < 4.78 is 0. The lowest BCUT2D eigenvalue weighted by molar-refractivity contribution is 1.56. The fraction of sp³-hybridized carbons (Fsp3) is 0. The number of hydrogen-bond donors (Lipinski definition) is 0. The van der Waals surface area contributed by atoms with E-state index < -0.39 is 0 Å². The zero-order valence-corrected chi connectivity index (χ0v) is 17.6. The van der Waals surface area contributed by atoms with E-state index in [2.05, 4.69) is 135 Å². The Hall–Kier alpha value is -3.84. The summed E-state index contributed by atoms with van der Waals surface area (Å²) in [5.41, 5.74) is 11.2. The minimum atomic E-state index is 1.23. The first-order valence-electron chi connectivity index (χ1n) is 10.7. The molecule has 0 heterocycles. The van der Waals surface area contributed by atoms with E-state index in [9.17, 15) is 0 Å². The fourth-order valence-electron chi connectivity index (χ4n) is 4.09. The minimum Gasteiger partial charge on any atom is -0.0884 e. The molecule has 31 heavy (non-hydrogen) atoms. The molecule has 0 aliphatic heterocycles. The van der Waals surface area contributed by atoms with Gasteiger partial charge >= 0.3 is 0 Å². The van der Waals surface area contributed by atoms with Crippen LogP contribution >= 0.6 is 0 Å². The van der Waals surface area contributed by atoms with Crippen LogP contribution in [0.1, 0.15) is 0 Å². The van der Waals surface area contributed by atoms with Crippen molar-refractivity contribution in [2.45, 2.75) is 0 Å². The van der Waals surface area contributed by atoms with E-state index in [4.69, 9.17) is 0 Å². The Bertz CT molecular complexity index is 1260. The molecule has 0 saturated heterocycles. The predicted octanol–water partition coefficient (Wildman–Crippen LogP) is 6.61. The summed E-state index contributed by atoms with van der Waals surface area (Å²) in [6.45, 7) is 0. The maximum atomic E-state index is 2.30. The standard InChI is InChI=1S/C30H23B/c31-30-16-8-15-26(21-30)24-13-7-14-25(17-24)29-19-27(22-9-3-1-4-10-22)18-28(20-29)23-11-5-2-6-12-23/h1-21H,31H2. The maximum Gasteiger partial charge on any atom is 0.139 e. The second kappa shape index (κ2) is 8.49. The molecule has 5 aromatic rings. The van der Waals surface area contributed by atoms with Gasteiger partial charge in [0.05, 0.1) is 0 Å². The first-order valence-corrected chi connectivity index (χ1v) is 10.7. The third-order valence-electron chi connectivity index (χ3n) is 5.69. The Kier molecular flexibility index (Phi) is 5.25. The van der Waals surface area contributed by atoms with E-state index in [1.807, 2.05) is 0 Å². The van der Waals surface area contributed by atoms with Crippen molar-refractivity contribution in [2.24, 2.45) is 0 Å². The Morgan fingerprint density at radius 1 is 0.290 bits per heavy atom. The van der Waals surface area contributed by atoms with Crippen LogP contribution in [0.5, 0.6) is 0 Å². The van der Waals surface area contributed by atoms with E-state index in [1.54, 1.807) is 0 Å². The van der Waals surface area contributed by atoms with Crippen molar-refractivity contribution >= 4 is 13.3 Å². The molecule has 1 heteroatoms. The van der Waals surface area contributed by atoms with Gasteiger partial charge in [-0.2, -0.15) is 0 Å². The van der Waals surface area contributed by atoms with Crippen molar-refractivity contribution in [3.8, 4) is 44.5 Å². The van der Waals surface area contributed by atoms with Crippen LogP contribution in [0.15, 0.2) is 127 Å².